The largest absolute Gasteiger partial charge is 0.467 e. The molecule has 4 rings (SSSR count). The van der Waals surface area contributed by atoms with Gasteiger partial charge < -0.3 is 9.73 Å². The molecular formula is C19H16N4O4S2. The number of nitrogens with one attached hydrogen (secondary N) is 1. The van der Waals surface area contributed by atoms with Crippen LogP contribution in [0.15, 0.2) is 63.3 Å². The molecule has 2 aliphatic rings. The SMILES string of the molecule is O=C1CSC(=N/N=C2\S[C@H](CC(=O)c3ccccc3)C(=O)N2Cc2ccco2)N1. The summed E-state index contributed by atoms with van der Waals surface area (Å²) in [6.07, 6.45) is 1.59. The van der Waals surface area contributed by atoms with E-state index in [4.69, 9.17) is 4.42 Å². The zero-order chi connectivity index (χ0) is 20.2. The van der Waals surface area contributed by atoms with Gasteiger partial charge in [-0.05, 0) is 12.1 Å². The number of hydrogen-bond donors (Lipinski definition) is 1. The molecule has 0 radical (unpaired) electrons. The van der Waals surface area contributed by atoms with Crippen molar-refractivity contribution in [3.63, 3.8) is 0 Å². The number of furan rings is 1. The van der Waals surface area contributed by atoms with E-state index in [0.29, 0.717) is 27.4 Å². The molecular weight excluding hydrogens is 412 g/mol. The lowest BCUT2D eigenvalue weighted by Gasteiger charge is -2.14. The average Bonchev–Trinajstić information content (AvgIpc) is 3.45. The molecule has 0 saturated carbocycles. The summed E-state index contributed by atoms with van der Waals surface area (Å²) in [4.78, 5) is 38.3. The van der Waals surface area contributed by atoms with Crippen molar-refractivity contribution in [2.45, 2.75) is 18.2 Å². The Balaban J connectivity index is 1.54. The lowest BCUT2D eigenvalue weighted by molar-refractivity contribution is -0.126. The predicted octanol–water partition coefficient (Wildman–Crippen LogP) is 2.49. The van der Waals surface area contributed by atoms with E-state index >= 15 is 0 Å². The van der Waals surface area contributed by atoms with Crippen LogP contribution in [-0.2, 0) is 16.1 Å². The molecule has 1 aromatic heterocycles. The van der Waals surface area contributed by atoms with Gasteiger partial charge in [0.05, 0.1) is 23.8 Å². The Kier molecular flexibility index (Phi) is 5.81. The van der Waals surface area contributed by atoms with Crippen molar-refractivity contribution < 1.29 is 18.8 Å². The third-order valence-electron chi connectivity index (χ3n) is 4.19. The highest BCUT2D eigenvalue weighted by Gasteiger charge is 2.40. The summed E-state index contributed by atoms with van der Waals surface area (Å²) in [6, 6.07) is 12.4. The Bertz CT molecular complexity index is 989. The predicted molar refractivity (Wildman–Crippen MR) is 111 cm³/mol. The fraction of sp³-hybridized carbons (Fsp3) is 0.211. The maximum absolute atomic E-state index is 13.0. The second-order valence-corrected chi connectivity index (χ2v) is 8.36. The van der Waals surface area contributed by atoms with Crippen LogP contribution < -0.4 is 5.32 Å². The molecule has 1 atom stereocenters. The Labute approximate surface area is 174 Å². The summed E-state index contributed by atoms with van der Waals surface area (Å²) < 4.78 is 5.35. The number of carbonyl (C=O) groups is 3. The Hall–Kier alpha value is -2.85. The fourth-order valence-corrected chi connectivity index (χ4v) is 4.51. The van der Waals surface area contributed by atoms with Gasteiger partial charge in [0.25, 0.3) is 0 Å². The highest BCUT2D eigenvalue weighted by Crippen LogP contribution is 2.32. The molecule has 0 aliphatic carbocycles. The molecule has 10 heteroatoms. The van der Waals surface area contributed by atoms with Gasteiger partial charge in [-0.1, -0.05) is 53.9 Å². The van der Waals surface area contributed by atoms with Crippen LogP contribution in [0.4, 0.5) is 0 Å². The minimum atomic E-state index is -0.595. The summed E-state index contributed by atoms with van der Waals surface area (Å²) >= 11 is 2.44. The number of amidine groups is 2. The summed E-state index contributed by atoms with van der Waals surface area (Å²) in [6.45, 7) is 0.193. The normalized spacial score (nSPS) is 21.9. The maximum Gasteiger partial charge on any atom is 0.243 e. The van der Waals surface area contributed by atoms with Gasteiger partial charge >= 0.3 is 0 Å². The van der Waals surface area contributed by atoms with Crippen molar-refractivity contribution in [2.75, 3.05) is 5.75 Å². The number of nitrogens with zero attached hydrogens (tertiary/aromatic N) is 3. The van der Waals surface area contributed by atoms with E-state index in [1.165, 1.54) is 34.7 Å². The zero-order valence-electron chi connectivity index (χ0n) is 15.1. The number of Topliss-reactive ketones (excluding diaryl/α,β-unsaturated/α-hetero) is 1. The smallest absolute Gasteiger partial charge is 0.243 e. The highest BCUT2D eigenvalue weighted by molar-refractivity contribution is 8.15. The van der Waals surface area contributed by atoms with Gasteiger partial charge in [0.15, 0.2) is 16.1 Å². The monoisotopic (exact) mass is 428 g/mol. The lowest BCUT2D eigenvalue weighted by atomic mass is 10.1. The van der Waals surface area contributed by atoms with Gasteiger partial charge in [0, 0.05) is 12.0 Å². The maximum atomic E-state index is 13.0. The topological polar surface area (TPSA) is 104 Å². The Morgan fingerprint density at radius 2 is 2.00 bits per heavy atom. The minimum absolute atomic E-state index is 0.0588. The molecule has 2 aromatic rings. The van der Waals surface area contributed by atoms with Gasteiger partial charge in [-0.15, -0.1) is 10.2 Å². The molecule has 3 heterocycles. The van der Waals surface area contributed by atoms with Crippen molar-refractivity contribution >= 4 is 51.5 Å². The van der Waals surface area contributed by atoms with Crippen molar-refractivity contribution in [3.05, 3.63) is 60.1 Å². The van der Waals surface area contributed by atoms with Crippen molar-refractivity contribution in [3.8, 4) is 0 Å². The quantitative estimate of drug-likeness (QED) is 0.560. The first kappa shape index (κ1) is 19.5. The summed E-state index contributed by atoms with van der Waals surface area (Å²) in [5.74, 6) is 0.416. The first-order valence-electron chi connectivity index (χ1n) is 8.77. The van der Waals surface area contributed by atoms with E-state index in [0.717, 1.165) is 0 Å². The summed E-state index contributed by atoms with van der Waals surface area (Å²) in [5, 5.41) is 11.0. The van der Waals surface area contributed by atoms with Crippen LogP contribution >= 0.6 is 23.5 Å². The van der Waals surface area contributed by atoms with Crippen LogP contribution in [0.2, 0.25) is 0 Å². The fourth-order valence-electron chi connectivity index (χ4n) is 2.80. The molecule has 8 nitrogen and oxygen atoms in total. The molecule has 0 spiro atoms. The molecule has 29 heavy (non-hydrogen) atoms. The summed E-state index contributed by atoms with van der Waals surface area (Å²) in [7, 11) is 0. The number of benzene rings is 1. The van der Waals surface area contributed by atoms with Gasteiger partial charge in [-0.25, -0.2) is 0 Å². The number of amides is 2. The van der Waals surface area contributed by atoms with Gasteiger partial charge in [-0.3, -0.25) is 19.3 Å². The van der Waals surface area contributed by atoms with Gasteiger partial charge in [0.1, 0.15) is 5.76 Å². The number of thioether (sulfide) groups is 2. The average molecular weight is 428 g/mol. The molecule has 2 aliphatic heterocycles. The molecule has 148 valence electrons. The molecule has 1 N–H and O–H groups in total. The lowest BCUT2D eigenvalue weighted by Crippen LogP contribution is -2.32. The van der Waals surface area contributed by atoms with E-state index in [-0.39, 0.29) is 30.6 Å². The molecule has 2 saturated heterocycles. The molecule has 1 aromatic carbocycles. The summed E-state index contributed by atoms with van der Waals surface area (Å²) in [5.41, 5.74) is 0.564. The third kappa shape index (κ3) is 4.60. The van der Waals surface area contributed by atoms with Crippen LogP contribution in [0.25, 0.3) is 0 Å². The standard InChI is InChI=1S/C19H16N4O4S2/c24-14(12-5-2-1-3-6-12)9-15-17(26)23(10-13-7-4-8-27-13)19(29-15)22-21-18-20-16(25)11-28-18/h1-8,15H,9-11H2,(H,20,21,25)/b22-19-/t15-/m1/s1. The van der Waals surface area contributed by atoms with Crippen molar-refractivity contribution in [2.24, 2.45) is 10.2 Å². The first-order chi connectivity index (χ1) is 14.1. The number of hydrogen-bond acceptors (Lipinski definition) is 8. The zero-order valence-corrected chi connectivity index (χ0v) is 16.7. The minimum Gasteiger partial charge on any atom is -0.467 e. The van der Waals surface area contributed by atoms with E-state index in [9.17, 15) is 14.4 Å². The molecule has 2 fully saturated rings. The third-order valence-corrected chi connectivity index (χ3v) is 6.22. The van der Waals surface area contributed by atoms with Crippen LogP contribution in [0, 0.1) is 0 Å². The Morgan fingerprint density at radius 1 is 1.17 bits per heavy atom. The van der Waals surface area contributed by atoms with Crippen molar-refractivity contribution in [1.29, 1.82) is 0 Å². The van der Waals surface area contributed by atoms with Gasteiger partial charge in [0.2, 0.25) is 11.8 Å². The van der Waals surface area contributed by atoms with Crippen LogP contribution in [0.1, 0.15) is 22.5 Å². The molecule has 0 unspecified atom stereocenters. The number of rotatable bonds is 6. The first-order valence-corrected chi connectivity index (χ1v) is 10.6. The van der Waals surface area contributed by atoms with E-state index in [1.807, 2.05) is 6.07 Å². The van der Waals surface area contributed by atoms with Crippen LogP contribution in [-0.4, -0.2) is 43.8 Å². The second-order valence-electron chi connectivity index (χ2n) is 6.23. The van der Waals surface area contributed by atoms with Crippen molar-refractivity contribution in [1.82, 2.24) is 10.2 Å². The van der Waals surface area contributed by atoms with Gasteiger partial charge in [-0.2, -0.15) is 0 Å². The number of ketones is 1. The molecule has 2 amide bonds. The van der Waals surface area contributed by atoms with E-state index < -0.39 is 5.25 Å². The Morgan fingerprint density at radius 3 is 2.69 bits per heavy atom. The van der Waals surface area contributed by atoms with Crippen LogP contribution in [0.3, 0.4) is 0 Å². The van der Waals surface area contributed by atoms with Crippen LogP contribution in [0.5, 0.6) is 0 Å². The number of carbonyl (C=O) groups excluding carboxylic acids is 3. The second kappa shape index (κ2) is 8.66. The highest BCUT2D eigenvalue weighted by atomic mass is 32.2. The van der Waals surface area contributed by atoms with E-state index in [1.54, 1.807) is 36.4 Å². The van der Waals surface area contributed by atoms with E-state index in [2.05, 4.69) is 15.5 Å². The molecule has 0 bridgehead atoms.